The highest BCUT2D eigenvalue weighted by molar-refractivity contribution is 6.09. The molecule has 0 aromatic heterocycles. The highest BCUT2D eigenvalue weighted by atomic mass is 16.5. The second-order valence-corrected chi connectivity index (χ2v) is 5.04. The van der Waals surface area contributed by atoms with Crippen molar-refractivity contribution in [1.82, 2.24) is 0 Å². The van der Waals surface area contributed by atoms with Gasteiger partial charge in [0.05, 0.1) is 25.5 Å². The molecule has 3 rings (SSSR count). The Morgan fingerprint density at radius 3 is 2.71 bits per heavy atom. The van der Waals surface area contributed by atoms with Crippen LogP contribution in [0.3, 0.4) is 0 Å². The number of anilines is 2. The molecule has 2 N–H and O–H groups in total. The predicted molar refractivity (Wildman–Crippen MR) is 88.1 cm³/mol. The number of amides is 2. The molecule has 0 aliphatic carbocycles. The number of fused-ring (bicyclic) bond motifs is 1. The van der Waals surface area contributed by atoms with Gasteiger partial charge in [-0.2, -0.15) is 0 Å². The van der Waals surface area contributed by atoms with E-state index in [1.54, 1.807) is 36.4 Å². The van der Waals surface area contributed by atoms with Gasteiger partial charge in [-0.3, -0.25) is 9.59 Å². The molecular weight excluding hydrogens is 312 g/mol. The van der Waals surface area contributed by atoms with Gasteiger partial charge < -0.3 is 24.8 Å². The summed E-state index contributed by atoms with van der Waals surface area (Å²) in [5.41, 5.74) is 1.36. The Kier molecular flexibility index (Phi) is 4.24. The molecule has 0 saturated heterocycles. The Balaban J connectivity index is 1.86. The van der Waals surface area contributed by atoms with Crippen LogP contribution in [0.2, 0.25) is 0 Å². The molecular formula is C17H16N2O5. The lowest BCUT2D eigenvalue weighted by Crippen LogP contribution is -2.27. The van der Waals surface area contributed by atoms with Crippen LogP contribution < -0.4 is 24.8 Å². The van der Waals surface area contributed by atoms with Crippen molar-refractivity contribution in [3.63, 3.8) is 0 Å². The molecule has 0 unspecified atom stereocenters. The number of carbonyl (C=O) groups excluding carboxylic acids is 2. The predicted octanol–water partition coefficient (Wildman–Crippen LogP) is 2.29. The average Bonchev–Trinajstić information content (AvgIpc) is 2.60. The molecule has 124 valence electrons. The third-order valence-corrected chi connectivity index (χ3v) is 3.52. The molecule has 1 aliphatic rings. The fraction of sp³-hybridized carbons (Fsp3) is 0.176. The van der Waals surface area contributed by atoms with Gasteiger partial charge in [0.1, 0.15) is 0 Å². The Bertz CT molecular complexity index is 804. The molecule has 2 aromatic carbocycles. The third kappa shape index (κ3) is 2.96. The van der Waals surface area contributed by atoms with Gasteiger partial charge in [0.2, 0.25) is 0 Å². The van der Waals surface area contributed by atoms with Crippen molar-refractivity contribution in [1.29, 1.82) is 0 Å². The molecule has 1 heterocycles. The molecule has 24 heavy (non-hydrogen) atoms. The van der Waals surface area contributed by atoms with E-state index < -0.39 is 0 Å². The van der Waals surface area contributed by atoms with E-state index in [0.29, 0.717) is 34.2 Å². The van der Waals surface area contributed by atoms with Crippen LogP contribution >= 0.6 is 0 Å². The zero-order valence-electron chi connectivity index (χ0n) is 13.2. The first-order chi connectivity index (χ1) is 11.6. The summed E-state index contributed by atoms with van der Waals surface area (Å²) in [6.45, 7) is -0.117. The second kappa shape index (κ2) is 6.49. The second-order valence-electron chi connectivity index (χ2n) is 5.04. The van der Waals surface area contributed by atoms with Crippen LogP contribution in [0.5, 0.6) is 17.2 Å². The van der Waals surface area contributed by atoms with E-state index >= 15 is 0 Å². The van der Waals surface area contributed by atoms with Crippen LogP contribution in [-0.4, -0.2) is 32.6 Å². The fourth-order valence-electron chi connectivity index (χ4n) is 2.41. The number of para-hydroxylation sites is 1. The standard InChI is InChI=1S/C17H16N2O5/c1-22-13-7-6-10(8-14(13)23-2)18-17(21)11-4-3-5-12-16(11)24-9-15(20)19-12/h3-8H,9H2,1-2H3,(H,18,21)(H,19,20). The molecule has 7 heteroatoms. The largest absolute Gasteiger partial charge is 0.493 e. The summed E-state index contributed by atoms with van der Waals surface area (Å²) in [4.78, 5) is 23.9. The molecule has 1 aliphatic heterocycles. The number of ether oxygens (including phenoxy) is 3. The summed E-state index contributed by atoms with van der Waals surface area (Å²) in [6, 6.07) is 10.1. The molecule has 0 atom stereocenters. The zero-order chi connectivity index (χ0) is 17.1. The Morgan fingerprint density at radius 2 is 1.96 bits per heavy atom. The van der Waals surface area contributed by atoms with E-state index in [9.17, 15) is 9.59 Å². The lowest BCUT2D eigenvalue weighted by Gasteiger charge is -2.20. The normalized spacial score (nSPS) is 12.5. The highest BCUT2D eigenvalue weighted by Gasteiger charge is 2.22. The first-order valence-electron chi connectivity index (χ1n) is 7.21. The maximum atomic E-state index is 12.5. The SMILES string of the molecule is COc1ccc(NC(=O)c2cccc3c2OCC(=O)N3)cc1OC. The number of methoxy groups -OCH3 is 2. The van der Waals surface area contributed by atoms with Crippen LogP contribution in [0, 0.1) is 0 Å². The third-order valence-electron chi connectivity index (χ3n) is 3.52. The first kappa shape index (κ1) is 15.7. The maximum Gasteiger partial charge on any atom is 0.262 e. The number of hydrogen-bond acceptors (Lipinski definition) is 5. The summed E-state index contributed by atoms with van der Waals surface area (Å²) in [6.07, 6.45) is 0. The van der Waals surface area contributed by atoms with Gasteiger partial charge in [0.15, 0.2) is 23.9 Å². The van der Waals surface area contributed by atoms with Gasteiger partial charge in [-0.15, -0.1) is 0 Å². The van der Waals surface area contributed by atoms with Gasteiger partial charge in [0, 0.05) is 11.8 Å². The van der Waals surface area contributed by atoms with Crippen molar-refractivity contribution in [2.24, 2.45) is 0 Å². The minimum Gasteiger partial charge on any atom is -0.493 e. The lowest BCUT2D eigenvalue weighted by molar-refractivity contribution is -0.118. The lowest BCUT2D eigenvalue weighted by atomic mass is 10.1. The van der Waals surface area contributed by atoms with Gasteiger partial charge in [0.25, 0.3) is 11.8 Å². The van der Waals surface area contributed by atoms with Crippen molar-refractivity contribution in [3.8, 4) is 17.2 Å². The molecule has 0 saturated carbocycles. The minimum atomic E-state index is -0.352. The first-order valence-corrected chi connectivity index (χ1v) is 7.21. The number of carbonyl (C=O) groups is 2. The summed E-state index contributed by atoms with van der Waals surface area (Å²) >= 11 is 0. The average molecular weight is 328 g/mol. The van der Waals surface area contributed by atoms with Crippen LogP contribution in [0.4, 0.5) is 11.4 Å². The van der Waals surface area contributed by atoms with Gasteiger partial charge in [-0.05, 0) is 24.3 Å². The minimum absolute atomic E-state index is 0.117. The van der Waals surface area contributed by atoms with Gasteiger partial charge in [-0.25, -0.2) is 0 Å². The molecule has 0 fully saturated rings. The number of nitrogens with one attached hydrogen (secondary N) is 2. The Morgan fingerprint density at radius 1 is 1.17 bits per heavy atom. The summed E-state index contributed by atoms with van der Waals surface area (Å²) < 4.78 is 15.8. The number of benzene rings is 2. The molecule has 2 amide bonds. The fourth-order valence-corrected chi connectivity index (χ4v) is 2.41. The van der Waals surface area contributed by atoms with Crippen LogP contribution in [0.25, 0.3) is 0 Å². The van der Waals surface area contributed by atoms with Crippen LogP contribution in [0.1, 0.15) is 10.4 Å². The summed E-state index contributed by atoms with van der Waals surface area (Å²) in [7, 11) is 3.06. The highest BCUT2D eigenvalue weighted by Crippen LogP contribution is 2.33. The Hall–Kier alpha value is -3.22. The van der Waals surface area contributed by atoms with E-state index in [4.69, 9.17) is 14.2 Å². The van der Waals surface area contributed by atoms with E-state index in [1.165, 1.54) is 14.2 Å². The number of hydrogen-bond donors (Lipinski definition) is 2. The van der Waals surface area contributed by atoms with Crippen molar-refractivity contribution in [3.05, 3.63) is 42.0 Å². The van der Waals surface area contributed by atoms with Crippen LogP contribution in [-0.2, 0) is 4.79 Å². The monoisotopic (exact) mass is 328 g/mol. The molecule has 7 nitrogen and oxygen atoms in total. The van der Waals surface area contributed by atoms with E-state index in [-0.39, 0.29) is 18.4 Å². The number of rotatable bonds is 4. The molecule has 0 radical (unpaired) electrons. The molecule has 0 bridgehead atoms. The topological polar surface area (TPSA) is 85.9 Å². The van der Waals surface area contributed by atoms with Gasteiger partial charge in [-0.1, -0.05) is 6.07 Å². The maximum absolute atomic E-state index is 12.5. The quantitative estimate of drug-likeness (QED) is 0.899. The smallest absolute Gasteiger partial charge is 0.262 e. The molecule has 0 spiro atoms. The van der Waals surface area contributed by atoms with Crippen molar-refractivity contribution < 1.29 is 23.8 Å². The molecule has 2 aromatic rings. The van der Waals surface area contributed by atoms with Gasteiger partial charge >= 0.3 is 0 Å². The van der Waals surface area contributed by atoms with Crippen molar-refractivity contribution >= 4 is 23.2 Å². The van der Waals surface area contributed by atoms with E-state index in [1.807, 2.05) is 0 Å². The zero-order valence-corrected chi connectivity index (χ0v) is 13.2. The van der Waals surface area contributed by atoms with Crippen molar-refractivity contribution in [2.75, 3.05) is 31.5 Å². The summed E-state index contributed by atoms with van der Waals surface area (Å²) in [5.74, 6) is 0.831. The van der Waals surface area contributed by atoms with Crippen molar-refractivity contribution in [2.45, 2.75) is 0 Å². The van der Waals surface area contributed by atoms with E-state index in [2.05, 4.69) is 10.6 Å². The Labute approximate surface area is 138 Å². The van der Waals surface area contributed by atoms with E-state index in [0.717, 1.165) is 0 Å². The van der Waals surface area contributed by atoms with Crippen LogP contribution in [0.15, 0.2) is 36.4 Å². The summed E-state index contributed by atoms with van der Waals surface area (Å²) in [5, 5.41) is 5.45.